The summed E-state index contributed by atoms with van der Waals surface area (Å²) < 4.78 is 43.8. The number of benzene rings is 2. The first-order valence-electron chi connectivity index (χ1n) is 7.19. The Morgan fingerprint density at radius 3 is 2.52 bits per heavy atom. The summed E-state index contributed by atoms with van der Waals surface area (Å²) in [6, 6.07) is 7.03. The molecule has 4 nitrogen and oxygen atoms in total. The second-order valence-electron chi connectivity index (χ2n) is 5.43. The summed E-state index contributed by atoms with van der Waals surface area (Å²) in [5, 5.41) is 9.17. The van der Waals surface area contributed by atoms with Crippen LogP contribution >= 0.6 is 0 Å². The van der Waals surface area contributed by atoms with Crippen LogP contribution in [0.1, 0.15) is 11.1 Å². The number of aliphatic carboxylic acids is 1. The fourth-order valence-electron chi connectivity index (χ4n) is 2.73. The Morgan fingerprint density at radius 2 is 1.84 bits per heavy atom. The predicted octanol–water partition coefficient (Wildman–Crippen LogP) is 4.06. The van der Waals surface area contributed by atoms with Gasteiger partial charge in [-0.05, 0) is 46.5 Å². The van der Waals surface area contributed by atoms with Crippen molar-refractivity contribution in [2.24, 2.45) is 0 Å². The third kappa shape index (κ3) is 3.26. The van der Waals surface area contributed by atoms with Crippen LogP contribution in [0.4, 0.5) is 13.2 Å². The third-order valence-electron chi connectivity index (χ3n) is 3.81. The monoisotopic (exact) mass is 348 g/mol. The van der Waals surface area contributed by atoms with E-state index >= 15 is 0 Å². The highest BCUT2D eigenvalue weighted by atomic mass is 19.4. The molecule has 1 heterocycles. The highest BCUT2D eigenvalue weighted by molar-refractivity contribution is 5.85. The van der Waals surface area contributed by atoms with E-state index in [1.807, 2.05) is 0 Å². The van der Waals surface area contributed by atoms with E-state index in [4.69, 9.17) is 9.52 Å². The smallest absolute Gasteiger partial charge is 0.416 e. The Bertz CT molecular complexity index is 973. The van der Waals surface area contributed by atoms with Crippen LogP contribution in [0.5, 0.6) is 0 Å². The summed E-state index contributed by atoms with van der Waals surface area (Å²) in [5.74, 6) is -1.16. The van der Waals surface area contributed by atoms with Gasteiger partial charge < -0.3 is 9.52 Å². The van der Waals surface area contributed by atoms with Gasteiger partial charge in [-0.25, -0.2) is 0 Å². The fourth-order valence-corrected chi connectivity index (χ4v) is 2.73. The zero-order valence-corrected chi connectivity index (χ0v) is 12.6. The molecular weight excluding hydrogens is 337 g/mol. The van der Waals surface area contributed by atoms with Crippen LogP contribution in [0.15, 0.2) is 58.1 Å². The zero-order valence-electron chi connectivity index (χ0n) is 12.6. The maximum atomic E-state index is 13.0. The lowest BCUT2D eigenvalue weighted by Crippen LogP contribution is -2.12. The summed E-state index contributed by atoms with van der Waals surface area (Å²) in [6.45, 7) is 0. The molecule has 0 bridgehead atoms. The second kappa shape index (κ2) is 6.08. The summed E-state index contributed by atoms with van der Waals surface area (Å²) >= 11 is 0. The second-order valence-corrected chi connectivity index (χ2v) is 5.43. The van der Waals surface area contributed by atoms with Gasteiger partial charge in [0.2, 0.25) is 0 Å². The molecule has 2 aliphatic rings. The molecule has 0 spiro atoms. The Kier molecular flexibility index (Phi) is 4.08. The molecule has 1 N–H and O–H groups in total. The van der Waals surface area contributed by atoms with Gasteiger partial charge in [-0.2, -0.15) is 13.2 Å². The number of rotatable bonds is 3. The van der Waals surface area contributed by atoms with E-state index in [2.05, 4.69) is 0 Å². The molecule has 1 aromatic carbocycles. The third-order valence-corrected chi connectivity index (χ3v) is 3.81. The Labute approximate surface area is 139 Å². The van der Waals surface area contributed by atoms with Crippen molar-refractivity contribution >= 4 is 5.97 Å². The normalized spacial score (nSPS) is 11.6. The number of carbonyl (C=O) groups is 1. The number of hydrogen-bond donors (Lipinski definition) is 1. The average molecular weight is 348 g/mol. The van der Waals surface area contributed by atoms with Crippen molar-refractivity contribution in [1.29, 1.82) is 0 Å². The standard InChI is InChI=1S/C18H11F3O4/c19-18(20,21)11-3-1-2-10(6-11)13-7-16(22)15-9-25-5-4-12(15)14(13)8-17(23)24/h1-7,9H,8H2,(H,23,24). The maximum Gasteiger partial charge on any atom is 0.416 e. The first kappa shape index (κ1) is 16.8. The van der Waals surface area contributed by atoms with Crippen LogP contribution in [0, 0.1) is 0 Å². The number of hydrogen-bond acceptors (Lipinski definition) is 3. The molecule has 0 aromatic heterocycles. The van der Waals surface area contributed by atoms with E-state index < -0.39 is 29.6 Å². The quantitative estimate of drug-likeness (QED) is 0.775. The molecule has 0 unspecified atom stereocenters. The highest BCUT2D eigenvalue weighted by Gasteiger charge is 2.31. The van der Waals surface area contributed by atoms with Crippen molar-refractivity contribution in [1.82, 2.24) is 0 Å². The Hall–Kier alpha value is -3.09. The van der Waals surface area contributed by atoms with Gasteiger partial charge in [0.15, 0.2) is 5.43 Å². The van der Waals surface area contributed by atoms with Crippen LogP contribution < -0.4 is 5.43 Å². The van der Waals surface area contributed by atoms with Crippen LogP contribution in [0.25, 0.3) is 22.3 Å². The zero-order chi connectivity index (χ0) is 18.2. The number of carboxylic acids is 1. The number of halogens is 3. The van der Waals surface area contributed by atoms with E-state index in [1.165, 1.54) is 30.7 Å². The largest absolute Gasteiger partial charge is 0.481 e. The van der Waals surface area contributed by atoms with Gasteiger partial charge in [0, 0.05) is 0 Å². The maximum absolute atomic E-state index is 13.0. The van der Waals surface area contributed by atoms with Crippen molar-refractivity contribution in [3.8, 4) is 22.3 Å². The van der Waals surface area contributed by atoms with Crippen molar-refractivity contribution < 1.29 is 27.5 Å². The molecule has 0 radical (unpaired) electrons. The molecular formula is C18H11F3O4. The molecule has 1 aliphatic carbocycles. The van der Waals surface area contributed by atoms with E-state index in [0.29, 0.717) is 5.56 Å². The van der Waals surface area contributed by atoms with Crippen LogP contribution in [-0.4, -0.2) is 11.1 Å². The average Bonchev–Trinajstić information content (AvgIpc) is 2.56. The van der Waals surface area contributed by atoms with Gasteiger partial charge in [-0.1, -0.05) is 12.1 Å². The molecule has 0 saturated heterocycles. The lowest BCUT2D eigenvalue weighted by Gasteiger charge is -2.16. The van der Waals surface area contributed by atoms with Gasteiger partial charge in [0.25, 0.3) is 0 Å². The molecule has 1 aromatic rings. The predicted molar refractivity (Wildman–Crippen MR) is 83.4 cm³/mol. The van der Waals surface area contributed by atoms with Crippen LogP contribution in [0.3, 0.4) is 0 Å². The molecule has 3 rings (SSSR count). The summed E-state index contributed by atoms with van der Waals surface area (Å²) in [5.41, 5.74) is -0.258. The van der Waals surface area contributed by atoms with Crippen LogP contribution in [-0.2, 0) is 17.4 Å². The first-order chi connectivity index (χ1) is 11.8. The van der Waals surface area contributed by atoms with E-state index in [1.54, 1.807) is 0 Å². The molecule has 0 saturated carbocycles. The SMILES string of the molecule is O=C(O)Cc1c(-c2cccc(C(F)(F)F)c2)cc(=O)c2coccc1-2. The van der Waals surface area contributed by atoms with Crippen molar-refractivity contribution in [2.45, 2.75) is 12.6 Å². The minimum absolute atomic E-state index is 0.130. The van der Waals surface area contributed by atoms with E-state index in [9.17, 15) is 22.8 Å². The van der Waals surface area contributed by atoms with Crippen molar-refractivity contribution in [2.75, 3.05) is 0 Å². The van der Waals surface area contributed by atoms with Crippen molar-refractivity contribution in [3.63, 3.8) is 0 Å². The molecule has 128 valence electrons. The van der Waals surface area contributed by atoms with E-state index in [0.717, 1.165) is 18.2 Å². The van der Waals surface area contributed by atoms with Gasteiger partial charge in [-0.15, -0.1) is 0 Å². The molecule has 1 aliphatic heterocycles. The fraction of sp³-hybridized carbons (Fsp3) is 0.111. The minimum Gasteiger partial charge on any atom is -0.481 e. The summed E-state index contributed by atoms with van der Waals surface area (Å²) in [4.78, 5) is 23.5. The molecule has 0 atom stereocenters. The number of fused-ring (bicyclic) bond motifs is 1. The Morgan fingerprint density at radius 1 is 1.08 bits per heavy atom. The van der Waals surface area contributed by atoms with Gasteiger partial charge in [-0.3, -0.25) is 9.59 Å². The van der Waals surface area contributed by atoms with Gasteiger partial charge in [0.05, 0.1) is 23.8 Å². The van der Waals surface area contributed by atoms with Gasteiger partial charge in [0.1, 0.15) is 6.26 Å². The first-order valence-corrected chi connectivity index (χ1v) is 7.19. The summed E-state index contributed by atoms with van der Waals surface area (Å²) in [6.07, 6.45) is -2.51. The molecule has 7 heteroatoms. The Balaban J connectivity index is 2.31. The molecule has 0 amide bonds. The lowest BCUT2D eigenvalue weighted by atomic mass is 9.89. The molecule has 0 fully saturated rings. The van der Waals surface area contributed by atoms with E-state index in [-0.39, 0.29) is 22.3 Å². The van der Waals surface area contributed by atoms with Crippen molar-refractivity contribution in [3.05, 3.63) is 70.3 Å². The lowest BCUT2D eigenvalue weighted by molar-refractivity contribution is -0.138. The number of carboxylic acid groups (broad SMARTS) is 1. The highest BCUT2D eigenvalue weighted by Crippen LogP contribution is 2.36. The summed E-state index contributed by atoms with van der Waals surface area (Å²) in [7, 11) is 0. The van der Waals surface area contributed by atoms with Gasteiger partial charge >= 0.3 is 12.1 Å². The topological polar surface area (TPSA) is 67.5 Å². The number of alkyl halides is 3. The van der Waals surface area contributed by atoms with Crippen LogP contribution in [0.2, 0.25) is 0 Å². The molecule has 25 heavy (non-hydrogen) atoms. The minimum atomic E-state index is -4.54.